The van der Waals surface area contributed by atoms with E-state index in [0.29, 0.717) is 12.2 Å². The number of nitrogens with one attached hydrogen (secondary N) is 1. The first kappa shape index (κ1) is 19.0. The molecule has 1 saturated heterocycles. The average Bonchev–Trinajstić information content (AvgIpc) is 3.46. The topological polar surface area (TPSA) is 75.9 Å². The number of nitrogens with zero attached hydrogens (tertiary/aromatic N) is 5. The normalized spacial score (nSPS) is 16.1. The molecule has 1 N–H and O–H groups in total. The van der Waals surface area contributed by atoms with E-state index in [2.05, 4.69) is 27.4 Å². The third-order valence-corrected chi connectivity index (χ3v) is 6.16. The lowest BCUT2D eigenvalue weighted by Crippen LogP contribution is -2.30. The summed E-state index contributed by atoms with van der Waals surface area (Å²) in [6.07, 6.45) is 9.15. The van der Waals surface area contributed by atoms with Gasteiger partial charge in [0, 0.05) is 42.8 Å². The highest BCUT2D eigenvalue weighted by Crippen LogP contribution is 2.26. The molecule has 7 heteroatoms. The Bertz CT molecular complexity index is 1050. The molecule has 1 fully saturated rings. The first-order valence-electron chi connectivity index (χ1n) is 11.1. The highest BCUT2D eigenvalue weighted by atomic mass is 16.1. The Labute approximate surface area is 176 Å². The summed E-state index contributed by atoms with van der Waals surface area (Å²) in [6.45, 7) is 3.34. The number of carbonyl (C=O) groups is 1. The molecule has 30 heavy (non-hydrogen) atoms. The van der Waals surface area contributed by atoms with E-state index in [0.717, 1.165) is 79.8 Å². The van der Waals surface area contributed by atoms with E-state index in [1.165, 1.54) is 12.8 Å². The molecular weight excluding hydrogens is 376 g/mol. The number of rotatable bonds is 6. The minimum atomic E-state index is -0.0682. The lowest BCUT2D eigenvalue weighted by atomic mass is 9.94. The Morgan fingerprint density at radius 2 is 1.87 bits per heavy atom. The predicted octanol–water partition coefficient (Wildman–Crippen LogP) is 3.13. The van der Waals surface area contributed by atoms with Crippen LogP contribution in [0.3, 0.4) is 0 Å². The van der Waals surface area contributed by atoms with Crippen molar-refractivity contribution in [2.45, 2.75) is 51.5 Å². The van der Waals surface area contributed by atoms with Gasteiger partial charge in [-0.25, -0.2) is 9.97 Å². The molecule has 1 aliphatic carbocycles. The summed E-state index contributed by atoms with van der Waals surface area (Å²) in [7, 11) is 0. The second kappa shape index (κ2) is 8.42. The second-order valence-electron chi connectivity index (χ2n) is 8.23. The van der Waals surface area contributed by atoms with E-state index in [-0.39, 0.29) is 5.91 Å². The Morgan fingerprint density at radius 1 is 1.03 bits per heavy atom. The fourth-order valence-corrected chi connectivity index (χ4v) is 4.55. The van der Waals surface area contributed by atoms with Crippen LogP contribution in [0.5, 0.6) is 0 Å². The van der Waals surface area contributed by atoms with Gasteiger partial charge in [0.2, 0.25) is 5.95 Å². The lowest BCUT2D eigenvalue weighted by Gasteiger charge is -2.22. The highest BCUT2D eigenvalue weighted by Gasteiger charge is 2.25. The lowest BCUT2D eigenvalue weighted by molar-refractivity contribution is 0.0946. The van der Waals surface area contributed by atoms with E-state index < -0.39 is 0 Å². The molecule has 0 atom stereocenters. The van der Waals surface area contributed by atoms with Crippen LogP contribution < -0.4 is 10.2 Å². The number of hydrogen-bond donors (Lipinski definition) is 1. The number of amides is 1. The molecular formula is C23H28N6O. The van der Waals surface area contributed by atoms with Gasteiger partial charge in [-0.15, -0.1) is 0 Å². The van der Waals surface area contributed by atoms with Gasteiger partial charge in [-0.05, 0) is 51.0 Å². The molecule has 0 unspecified atom stereocenters. The van der Waals surface area contributed by atoms with Crippen molar-refractivity contribution in [2.24, 2.45) is 0 Å². The first-order chi connectivity index (χ1) is 14.8. The minimum absolute atomic E-state index is 0.0682. The monoisotopic (exact) mass is 404 g/mol. The summed E-state index contributed by atoms with van der Waals surface area (Å²) >= 11 is 0. The first-order valence-corrected chi connectivity index (χ1v) is 11.1. The van der Waals surface area contributed by atoms with Crippen molar-refractivity contribution in [3.8, 4) is 0 Å². The van der Waals surface area contributed by atoms with Gasteiger partial charge in [0.1, 0.15) is 5.69 Å². The van der Waals surface area contributed by atoms with E-state index in [1.807, 2.05) is 23.0 Å². The Morgan fingerprint density at radius 3 is 2.77 bits per heavy atom. The van der Waals surface area contributed by atoms with Crippen molar-refractivity contribution >= 4 is 22.8 Å². The molecule has 0 saturated carbocycles. The SMILES string of the molecule is O=C(NCCCn1ncc2ccccc21)c1nc(N2CCCC2)nc2c1CCCC2. The van der Waals surface area contributed by atoms with Gasteiger partial charge in [0.15, 0.2) is 0 Å². The fraction of sp³-hybridized carbons (Fsp3) is 0.478. The molecule has 1 amide bonds. The molecule has 7 nitrogen and oxygen atoms in total. The van der Waals surface area contributed by atoms with E-state index in [1.54, 1.807) is 0 Å². The third kappa shape index (κ3) is 3.76. The van der Waals surface area contributed by atoms with Crippen LogP contribution in [-0.4, -0.2) is 45.3 Å². The molecule has 0 bridgehead atoms. The number of aryl methyl sites for hydroxylation is 2. The Kier molecular flexibility index (Phi) is 5.34. The van der Waals surface area contributed by atoms with Crippen molar-refractivity contribution in [3.63, 3.8) is 0 Å². The molecule has 0 spiro atoms. The summed E-state index contributed by atoms with van der Waals surface area (Å²) in [4.78, 5) is 24.8. The van der Waals surface area contributed by atoms with E-state index >= 15 is 0 Å². The maximum atomic E-state index is 13.0. The Balaban J connectivity index is 1.26. The molecule has 2 aromatic heterocycles. The maximum Gasteiger partial charge on any atom is 0.270 e. The zero-order chi connectivity index (χ0) is 20.3. The molecule has 156 valence electrons. The summed E-state index contributed by atoms with van der Waals surface area (Å²) in [5.74, 6) is 0.669. The molecule has 1 aliphatic heterocycles. The quantitative estimate of drug-likeness (QED) is 0.639. The molecule has 0 radical (unpaired) electrons. The zero-order valence-electron chi connectivity index (χ0n) is 17.3. The largest absolute Gasteiger partial charge is 0.351 e. The number of aromatic nitrogens is 4. The number of carbonyl (C=O) groups excluding carboxylic acids is 1. The summed E-state index contributed by atoms with van der Waals surface area (Å²) in [5.41, 5.74) is 3.85. The van der Waals surface area contributed by atoms with Crippen LogP contribution >= 0.6 is 0 Å². The van der Waals surface area contributed by atoms with Gasteiger partial charge >= 0.3 is 0 Å². The van der Waals surface area contributed by atoms with E-state index in [9.17, 15) is 4.79 Å². The number of benzene rings is 1. The third-order valence-electron chi connectivity index (χ3n) is 6.16. The van der Waals surface area contributed by atoms with Crippen LogP contribution in [0.25, 0.3) is 10.9 Å². The molecule has 1 aromatic carbocycles. The van der Waals surface area contributed by atoms with Gasteiger partial charge < -0.3 is 10.2 Å². The number of hydrogen-bond acceptors (Lipinski definition) is 5. The van der Waals surface area contributed by atoms with Gasteiger partial charge in [-0.3, -0.25) is 9.48 Å². The van der Waals surface area contributed by atoms with E-state index in [4.69, 9.17) is 9.97 Å². The van der Waals surface area contributed by atoms with Crippen LogP contribution in [-0.2, 0) is 19.4 Å². The van der Waals surface area contributed by atoms with Crippen LogP contribution in [0.15, 0.2) is 30.5 Å². The second-order valence-corrected chi connectivity index (χ2v) is 8.23. The Hall–Kier alpha value is -2.96. The highest BCUT2D eigenvalue weighted by molar-refractivity contribution is 5.94. The fourth-order valence-electron chi connectivity index (χ4n) is 4.55. The summed E-state index contributed by atoms with van der Waals surface area (Å²) < 4.78 is 2.00. The van der Waals surface area contributed by atoms with Gasteiger partial charge in [0.25, 0.3) is 5.91 Å². The standard InChI is InChI=1S/C23H28N6O/c30-22(24-12-7-15-29-20-11-4-1-8-17(20)16-25-29)21-18-9-2-3-10-19(18)26-23(27-21)28-13-5-6-14-28/h1,4,8,11,16H,2-3,5-7,9-10,12-15H2,(H,24,30). The smallest absolute Gasteiger partial charge is 0.270 e. The van der Waals surface area contributed by atoms with Crippen molar-refractivity contribution in [1.82, 2.24) is 25.1 Å². The summed E-state index contributed by atoms with van der Waals surface area (Å²) in [5, 5.41) is 8.69. The van der Waals surface area contributed by atoms with Crippen molar-refractivity contribution in [3.05, 3.63) is 47.4 Å². The molecule has 2 aliphatic rings. The molecule has 3 heterocycles. The minimum Gasteiger partial charge on any atom is -0.351 e. The van der Waals surface area contributed by atoms with Crippen LogP contribution in [0.4, 0.5) is 5.95 Å². The number of anilines is 1. The molecule has 3 aromatic rings. The van der Waals surface area contributed by atoms with Crippen LogP contribution in [0, 0.1) is 0 Å². The van der Waals surface area contributed by atoms with Crippen LogP contribution in [0.2, 0.25) is 0 Å². The van der Waals surface area contributed by atoms with Gasteiger partial charge in [-0.1, -0.05) is 18.2 Å². The average molecular weight is 405 g/mol. The zero-order valence-corrected chi connectivity index (χ0v) is 17.3. The predicted molar refractivity (Wildman–Crippen MR) is 117 cm³/mol. The van der Waals surface area contributed by atoms with Gasteiger partial charge in [-0.2, -0.15) is 5.10 Å². The number of fused-ring (bicyclic) bond motifs is 2. The van der Waals surface area contributed by atoms with Crippen LogP contribution in [0.1, 0.15) is 53.8 Å². The number of para-hydroxylation sites is 1. The summed E-state index contributed by atoms with van der Waals surface area (Å²) in [6, 6.07) is 8.19. The van der Waals surface area contributed by atoms with Crippen molar-refractivity contribution in [1.29, 1.82) is 0 Å². The molecule has 5 rings (SSSR count). The van der Waals surface area contributed by atoms with Crippen molar-refractivity contribution < 1.29 is 4.79 Å². The van der Waals surface area contributed by atoms with Crippen molar-refractivity contribution in [2.75, 3.05) is 24.5 Å². The van der Waals surface area contributed by atoms with Gasteiger partial charge in [0.05, 0.1) is 11.7 Å². The maximum absolute atomic E-state index is 13.0.